The van der Waals surface area contributed by atoms with Crippen LogP contribution in [0.3, 0.4) is 0 Å². The second-order valence-corrected chi connectivity index (χ2v) is 5.04. The zero-order chi connectivity index (χ0) is 13.7. The molecule has 1 heterocycles. The lowest BCUT2D eigenvalue weighted by atomic mass is 9.96. The van der Waals surface area contributed by atoms with Gasteiger partial charge in [-0.25, -0.2) is 4.98 Å². The van der Waals surface area contributed by atoms with Crippen LogP contribution in [-0.4, -0.2) is 22.6 Å². The van der Waals surface area contributed by atoms with Gasteiger partial charge in [-0.15, -0.1) is 0 Å². The lowest BCUT2D eigenvalue weighted by Crippen LogP contribution is -2.34. The van der Waals surface area contributed by atoms with Gasteiger partial charge in [0, 0.05) is 18.2 Å². The Bertz CT molecular complexity index is 524. The molecule has 1 N–H and O–H groups in total. The third kappa shape index (κ3) is 3.29. The van der Waals surface area contributed by atoms with Gasteiger partial charge in [0.1, 0.15) is 0 Å². The van der Waals surface area contributed by atoms with Crippen LogP contribution in [0.15, 0.2) is 30.5 Å². The third-order valence-electron chi connectivity index (χ3n) is 3.63. The molecule has 0 fully saturated rings. The van der Waals surface area contributed by atoms with Crippen molar-refractivity contribution < 1.29 is 0 Å². The van der Waals surface area contributed by atoms with E-state index in [1.807, 2.05) is 30.5 Å². The van der Waals surface area contributed by atoms with Gasteiger partial charge in [0.2, 0.25) is 0 Å². The maximum absolute atomic E-state index is 4.75. The Kier molecular flexibility index (Phi) is 4.86. The zero-order valence-electron chi connectivity index (χ0n) is 12.1. The molecule has 3 heteroatoms. The number of hydrogen-bond acceptors (Lipinski definition) is 3. The monoisotopic (exact) mass is 257 g/mol. The van der Waals surface area contributed by atoms with Gasteiger partial charge in [-0.3, -0.25) is 4.98 Å². The molecule has 0 aliphatic rings. The van der Waals surface area contributed by atoms with E-state index in [1.54, 1.807) is 0 Å². The topological polar surface area (TPSA) is 37.8 Å². The van der Waals surface area contributed by atoms with Crippen molar-refractivity contribution in [3.05, 3.63) is 36.2 Å². The fraction of sp³-hybridized carbons (Fsp3) is 0.500. The van der Waals surface area contributed by atoms with E-state index in [1.165, 1.54) is 0 Å². The second-order valence-electron chi connectivity index (χ2n) is 5.04. The van der Waals surface area contributed by atoms with E-state index in [2.05, 4.69) is 31.1 Å². The molecule has 2 unspecified atom stereocenters. The third-order valence-corrected chi connectivity index (χ3v) is 3.63. The molecule has 0 aliphatic carbocycles. The Morgan fingerprint density at radius 2 is 1.89 bits per heavy atom. The van der Waals surface area contributed by atoms with Gasteiger partial charge in [-0.1, -0.05) is 32.9 Å². The Hall–Kier alpha value is -1.48. The van der Waals surface area contributed by atoms with Gasteiger partial charge in [0.15, 0.2) is 0 Å². The van der Waals surface area contributed by atoms with E-state index in [9.17, 15) is 0 Å². The lowest BCUT2D eigenvalue weighted by Gasteiger charge is -2.23. The second kappa shape index (κ2) is 6.62. The fourth-order valence-electron chi connectivity index (χ4n) is 2.40. The average Bonchev–Trinajstić information content (AvgIpc) is 2.47. The summed E-state index contributed by atoms with van der Waals surface area (Å²) in [5, 5.41) is 3.60. The molecular weight excluding hydrogens is 234 g/mol. The van der Waals surface area contributed by atoms with Crippen molar-refractivity contribution in [2.45, 2.75) is 45.6 Å². The summed E-state index contributed by atoms with van der Waals surface area (Å²) in [4.78, 5) is 9.26. The molecule has 2 atom stereocenters. The minimum atomic E-state index is 0.383. The number of fused-ring (bicyclic) bond motifs is 1. The van der Waals surface area contributed by atoms with E-state index in [0.29, 0.717) is 12.0 Å². The average molecular weight is 257 g/mol. The van der Waals surface area contributed by atoms with Gasteiger partial charge >= 0.3 is 0 Å². The van der Waals surface area contributed by atoms with Crippen LogP contribution in [0.2, 0.25) is 0 Å². The SMILES string of the molecule is CCCNC(CC)C(C)c1cnc2ccccc2n1. The number of hydrogen-bond donors (Lipinski definition) is 1. The van der Waals surface area contributed by atoms with Gasteiger partial charge in [0.25, 0.3) is 0 Å². The summed E-state index contributed by atoms with van der Waals surface area (Å²) in [6.07, 6.45) is 4.19. The minimum absolute atomic E-state index is 0.383. The van der Waals surface area contributed by atoms with Crippen LogP contribution in [-0.2, 0) is 0 Å². The number of nitrogens with one attached hydrogen (secondary N) is 1. The number of rotatable bonds is 6. The molecule has 2 rings (SSSR count). The highest BCUT2D eigenvalue weighted by molar-refractivity contribution is 5.73. The van der Waals surface area contributed by atoms with Crippen LogP contribution in [0, 0.1) is 0 Å². The summed E-state index contributed by atoms with van der Waals surface area (Å²) in [5.74, 6) is 0.383. The fourth-order valence-corrected chi connectivity index (χ4v) is 2.40. The highest BCUT2D eigenvalue weighted by Crippen LogP contribution is 2.20. The molecule has 2 aromatic rings. The van der Waals surface area contributed by atoms with E-state index in [4.69, 9.17) is 4.98 Å². The predicted molar refractivity (Wildman–Crippen MR) is 80.3 cm³/mol. The lowest BCUT2D eigenvalue weighted by molar-refractivity contribution is 0.432. The van der Waals surface area contributed by atoms with Gasteiger partial charge in [0.05, 0.1) is 16.7 Å². The Morgan fingerprint density at radius 1 is 1.16 bits per heavy atom. The van der Waals surface area contributed by atoms with E-state index >= 15 is 0 Å². The standard InChI is InChI=1S/C16H23N3/c1-4-10-17-13(5-2)12(3)16-11-18-14-8-6-7-9-15(14)19-16/h6-9,11-13,17H,4-5,10H2,1-3H3. The van der Waals surface area contributed by atoms with Crippen molar-refractivity contribution >= 4 is 11.0 Å². The first-order valence-electron chi connectivity index (χ1n) is 7.21. The van der Waals surface area contributed by atoms with Crippen molar-refractivity contribution in [2.75, 3.05) is 6.54 Å². The van der Waals surface area contributed by atoms with Crippen molar-refractivity contribution in [2.24, 2.45) is 0 Å². The summed E-state index contributed by atoms with van der Waals surface area (Å²) in [6, 6.07) is 8.51. The molecule has 0 saturated carbocycles. The van der Waals surface area contributed by atoms with Gasteiger partial charge < -0.3 is 5.32 Å². The van der Waals surface area contributed by atoms with Crippen molar-refractivity contribution in [3.8, 4) is 0 Å². The summed E-state index contributed by atoms with van der Waals surface area (Å²) in [6.45, 7) is 7.71. The normalized spacial score (nSPS) is 14.5. The van der Waals surface area contributed by atoms with E-state index < -0.39 is 0 Å². The van der Waals surface area contributed by atoms with Crippen LogP contribution < -0.4 is 5.32 Å². The minimum Gasteiger partial charge on any atom is -0.313 e. The van der Waals surface area contributed by atoms with Crippen LogP contribution in [0.5, 0.6) is 0 Å². The first-order valence-corrected chi connectivity index (χ1v) is 7.21. The summed E-state index contributed by atoms with van der Waals surface area (Å²) in [5.41, 5.74) is 3.03. The van der Waals surface area contributed by atoms with Crippen LogP contribution in [0.25, 0.3) is 11.0 Å². The first kappa shape index (κ1) is 13.9. The largest absolute Gasteiger partial charge is 0.313 e. The molecule has 0 spiro atoms. The summed E-state index contributed by atoms with van der Waals surface area (Å²) in [7, 11) is 0. The Labute approximate surface area is 115 Å². The number of para-hydroxylation sites is 2. The van der Waals surface area contributed by atoms with Crippen molar-refractivity contribution in [1.82, 2.24) is 15.3 Å². The summed E-state index contributed by atoms with van der Waals surface area (Å²) < 4.78 is 0. The summed E-state index contributed by atoms with van der Waals surface area (Å²) >= 11 is 0. The molecule has 1 aromatic heterocycles. The maximum Gasteiger partial charge on any atom is 0.0890 e. The molecule has 3 nitrogen and oxygen atoms in total. The van der Waals surface area contributed by atoms with Crippen molar-refractivity contribution in [3.63, 3.8) is 0 Å². The highest BCUT2D eigenvalue weighted by Gasteiger charge is 2.18. The number of aromatic nitrogens is 2. The van der Waals surface area contributed by atoms with Gasteiger partial charge in [-0.05, 0) is 31.5 Å². The molecule has 0 saturated heterocycles. The number of nitrogens with zero attached hydrogens (tertiary/aromatic N) is 2. The van der Waals surface area contributed by atoms with Crippen LogP contribution in [0.1, 0.15) is 45.2 Å². The molecule has 19 heavy (non-hydrogen) atoms. The van der Waals surface area contributed by atoms with Crippen LogP contribution in [0.4, 0.5) is 0 Å². The van der Waals surface area contributed by atoms with E-state index in [0.717, 1.165) is 36.1 Å². The van der Waals surface area contributed by atoms with Gasteiger partial charge in [-0.2, -0.15) is 0 Å². The molecule has 1 aromatic carbocycles. The molecular formula is C16H23N3. The first-order chi connectivity index (χ1) is 9.26. The molecule has 0 aliphatic heterocycles. The van der Waals surface area contributed by atoms with Crippen LogP contribution >= 0.6 is 0 Å². The highest BCUT2D eigenvalue weighted by atomic mass is 14.9. The molecule has 0 bridgehead atoms. The Balaban J connectivity index is 2.21. The Morgan fingerprint density at radius 3 is 2.58 bits per heavy atom. The quantitative estimate of drug-likeness (QED) is 0.860. The molecule has 0 amide bonds. The molecule has 0 radical (unpaired) electrons. The van der Waals surface area contributed by atoms with E-state index in [-0.39, 0.29) is 0 Å². The predicted octanol–water partition coefficient (Wildman–Crippen LogP) is 3.51. The van der Waals surface area contributed by atoms with Crippen molar-refractivity contribution in [1.29, 1.82) is 0 Å². The molecule has 102 valence electrons. The number of benzene rings is 1. The zero-order valence-corrected chi connectivity index (χ0v) is 12.1. The smallest absolute Gasteiger partial charge is 0.0890 e. The maximum atomic E-state index is 4.75.